The van der Waals surface area contributed by atoms with Crippen molar-refractivity contribution in [3.05, 3.63) is 160 Å². The molecule has 4 aromatic carbocycles. The molecule has 0 saturated carbocycles. The number of nitrogens with zero attached hydrogens (tertiary/aromatic N) is 4. The SMILES string of the molecule is Clc1cccc(Cl)c1-c1c2nc(c(-c3c(Cl)cccc3Cl)c3ccc([n-]3)c(-c3c(Cl)cccc3Cl)c3nc(c(-c4c(Cl)cccc4Cl)c4ccc1[n-]4)C=C3)C=C2.[Fe+2]. The van der Waals surface area contributed by atoms with Gasteiger partial charge >= 0.3 is 17.1 Å². The van der Waals surface area contributed by atoms with Crippen molar-refractivity contribution in [2.75, 3.05) is 0 Å². The zero-order chi connectivity index (χ0) is 38.8. The van der Waals surface area contributed by atoms with E-state index in [1.165, 1.54) is 0 Å². The molecule has 0 amide bonds. The van der Waals surface area contributed by atoms with Gasteiger partial charge in [-0.25, -0.2) is 9.97 Å². The predicted molar refractivity (Wildman–Crippen MR) is 239 cm³/mol. The van der Waals surface area contributed by atoms with E-state index in [4.69, 9.17) is 113 Å². The molecule has 7 aromatic rings. The summed E-state index contributed by atoms with van der Waals surface area (Å²) < 4.78 is 0. The monoisotopic (exact) mass is 940 g/mol. The molecule has 280 valence electrons. The smallest absolute Gasteiger partial charge is 0.657 e. The molecule has 13 heteroatoms. The Labute approximate surface area is 377 Å². The third-order valence-corrected chi connectivity index (χ3v) is 12.0. The Bertz CT molecular complexity index is 2560. The third kappa shape index (κ3) is 7.13. The van der Waals surface area contributed by atoms with E-state index in [2.05, 4.69) is 0 Å². The topological polar surface area (TPSA) is 54.0 Å². The van der Waals surface area contributed by atoms with Crippen molar-refractivity contribution >= 4 is 139 Å². The largest absolute Gasteiger partial charge is 2.00 e. The summed E-state index contributed by atoms with van der Waals surface area (Å²) in [5, 5.41) is 3.32. The minimum atomic E-state index is 0. The first-order valence-corrected chi connectivity index (χ1v) is 19.9. The van der Waals surface area contributed by atoms with Crippen molar-refractivity contribution in [3.8, 4) is 44.5 Å². The van der Waals surface area contributed by atoms with Crippen molar-refractivity contribution in [2.24, 2.45) is 0 Å². The zero-order valence-electron chi connectivity index (χ0n) is 28.7. The number of benzene rings is 4. The van der Waals surface area contributed by atoms with Crippen LogP contribution in [-0.2, 0) is 17.1 Å². The van der Waals surface area contributed by atoms with E-state index in [0.717, 1.165) is 0 Å². The van der Waals surface area contributed by atoms with E-state index in [0.29, 0.717) is 130 Å². The molecule has 0 N–H and O–H groups in total. The molecule has 0 radical (unpaired) electrons. The van der Waals surface area contributed by atoms with Gasteiger partial charge < -0.3 is 9.97 Å². The fraction of sp³-hybridized carbons (Fsp3) is 0. The van der Waals surface area contributed by atoms with Crippen molar-refractivity contribution in [1.29, 1.82) is 0 Å². The molecule has 2 aliphatic heterocycles. The summed E-state index contributed by atoms with van der Waals surface area (Å²) in [5.74, 6) is 0. The Balaban J connectivity index is 0.00000455. The fourth-order valence-corrected chi connectivity index (χ4v) is 9.40. The Hall–Kier alpha value is -3.68. The van der Waals surface area contributed by atoms with Crippen molar-refractivity contribution in [3.63, 3.8) is 0 Å². The Morgan fingerprint density at radius 1 is 0.281 bits per heavy atom. The van der Waals surface area contributed by atoms with Crippen molar-refractivity contribution in [1.82, 2.24) is 19.9 Å². The van der Waals surface area contributed by atoms with E-state index in [9.17, 15) is 0 Å². The summed E-state index contributed by atoms with van der Waals surface area (Å²) in [7, 11) is 0. The molecule has 5 heterocycles. The van der Waals surface area contributed by atoms with Crippen LogP contribution in [0.25, 0.3) is 90.9 Å². The van der Waals surface area contributed by atoms with E-state index in [-0.39, 0.29) is 17.1 Å². The van der Waals surface area contributed by atoms with Crippen molar-refractivity contribution in [2.45, 2.75) is 0 Å². The first-order chi connectivity index (χ1) is 27.1. The molecular weight excluding hydrogens is 924 g/mol. The van der Waals surface area contributed by atoms with Crippen LogP contribution in [0.15, 0.2) is 97.1 Å². The molecule has 0 spiro atoms. The maximum atomic E-state index is 6.93. The van der Waals surface area contributed by atoms with Crippen LogP contribution in [0.4, 0.5) is 0 Å². The number of hydrogen-bond acceptors (Lipinski definition) is 2. The average molecular weight is 944 g/mol. The van der Waals surface area contributed by atoms with Crippen LogP contribution >= 0.6 is 92.8 Å². The van der Waals surface area contributed by atoms with Crippen LogP contribution in [0.3, 0.4) is 0 Å². The molecule has 9 rings (SSSR count). The van der Waals surface area contributed by atoms with Gasteiger partial charge in [0.05, 0.1) is 22.8 Å². The molecule has 2 aliphatic rings. The van der Waals surface area contributed by atoms with Gasteiger partial charge in [0.25, 0.3) is 0 Å². The number of hydrogen-bond donors (Lipinski definition) is 0. The summed E-state index contributed by atoms with van der Waals surface area (Å²) in [4.78, 5) is 20.8. The number of halogens is 8. The molecule has 8 bridgehead atoms. The van der Waals surface area contributed by atoms with E-state index in [1.807, 2.05) is 48.6 Å². The van der Waals surface area contributed by atoms with Gasteiger partial charge in [-0.05, 0) is 95.1 Å². The summed E-state index contributed by atoms with van der Waals surface area (Å²) in [5.41, 5.74) is 8.93. The first kappa shape index (κ1) is 40.1. The molecule has 57 heavy (non-hydrogen) atoms. The third-order valence-electron chi connectivity index (χ3n) is 9.46. The second-order valence-corrected chi connectivity index (χ2v) is 16.0. The first-order valence-electron chi connectivity index (χ1n) is 16.9. The van der Waals surface area contributed by atoms with Crippen LogP contribution in [0, 0.1) is 0 Å². The van der Waals surface area contributed by atoms with Gasteiger partial charge in [0, 0.05) is 62.4 Å². The average Bonchev–Trinajstić information content (AvgIpc) is 4.00. The van der Waals surface area contributed by atoms with Crippen LogP contribution in [-0.4, -0.2) is 9.97 Å². The maximum Gasteiger partial charge on any atom is 2.00 e. The van der Waals surface area contributed by atoms with Gasteiger partial charge in [0.2, 0.25) is 0 Å². The molecule has 0 atom stereocenters. The second kappa shape index (κ2) is 16.2. The van der Waals surface area contributed by atoms with Crippen molar-refractivity contribution < 1.29 is 17.1 Å². The van der Waals surface area contributed by atoms with Gasteiger partial charge in [0.1, 0.15) is 0 Å². The fourth-order valence-electron chi connectivity index (χ4n) is 7.06. The number of aromatic nitrogens is 4. The van der Waals surface area contributed by atoms with E-state index in [1.54, 1.807) is 72.8 Å². The summed E-state index contributed by atoms with van der Waals surface area (Å²) >= 11 is 55.4. The Kier molecular flexibility index (Phi) is 11.4. The summed E-state index contributed by atoms with van der Waals surface area (Å²) in [6.45, 7) is 0. The van der Waals surface area contributed by atoms with E-state index >= 15 is 0 Å². The Morgan fingerprint density at radius 3 is 0.667 bits per heavy atom. The molecule has 0 aliphatic carbocycles. The second-order valence-electron chi connectivity index (χ2n) is 12.7. The molecule has 0 saturated heterocycles. The maximum absolute atomic E-state index is 6.93. The standard InChI is InChI=1S/C44H20Cl8N4.Fe/c45-21-5-1-6-22(46)37(21)41-29-13-15-31(53-29)42(38-23(47)7-2-8-24(38)48)33-17-19-35(55-33)44(40-27(51)11-4-12-28(40)52)36-20-18-34(56-36)43(32-16-14-30(41)54-32)39-25(49)9-3-10-26(39)50;/h1-20H;/q-2;+2. The summed E-state index contributed by atoms with van der Waals surface area (Å²) in [6.07, 6.45) is 7.53. The van der Waals surface area contributed by atoms with Crippen LogP contribution < -0.4 is 9.97 Å². The quantitative estimate of drug-likeness (QED) is 0.165. The van der Waals surface area contributed by atoms with E-state index < -0.39 is 0 Å². The van der Waals surface area contributed by atoms with Gasteiger partial charge in [0.15, 0.2) is 0 Å². The Morgan fingerprint density at radius 2 is 0.474 bits per heavy atom. The normalized spacial score (nSPS) is 11.9. The van der Waals surface area contributed by atoms with Gasteiger partial charge in [-0.1, -0.05) is 141 Å². The molecule has 3 aromatic heterocycles. The van der Waals surface area contributed by atoms with Gasteiger partial charge in [-0.2, -0.15) is 0 Å². The molecule has 0 fully saturated rings. The zero-order valence-corrected chi connectivity index (χ0v) is 35.9. The minimum absolute atomic E-state index is 0. The molecule has 4 nitrogen and oxygen atoms in total. The summed E-state index contributed by atoms with van der Waals surface area (Å²) in [6, 6.07) is 28.8. The number of rotatable bonds is 4. The minimum Gasteiger partial charge on any atom is -0.657 e. The van der Waals surface area contributed by atoms with Gasteiger partial charge in [-0.3, -0.25) is 0 Å². The van der Waals surface area contributed by atoms with Crippen LogP contribution in [0.5, 0.6) is 0 Å². The molecular formula is C44H20Cl8FeN4. The van der Waals surface area contributed by atoms with Gasteiger partial charge in [-0.15, -0.1) is 22.1 Å². The number of fused-ring (bicyclic) bond motifs is 8. The molecule has 0 unspecified atom stereocenters. The van der Waals surface area contributed by atoms with Crippen LogP contribution in [0.2, 0.25) is 40.2 Å². The predicted octanol–water partition coefficient (Wildman–Crippen LogP) is 15.8. The van der Waals surface area contributed by atoms with Crippen LogP contribution in [0.1, 0.15) is 22.8 Å².